The van der Waals surface area contributed by atoms with E-state index in [0.29, 0.717) is 0 Å². The highest BCUT2D eigenvalue weighted by molar-refractivity contribution is 5.71. The molecular weight excluding hydrogens is 352 g/mol. The van der Waals surface area contributed by atoms with Gasteiger partial charge in [-0.05, 0) is 72.4 Å². The van der Waals surface area contributed by atoms with Crippen LogP contribution in [0.1, 0.15) is 30.9 Å². The third kappa shape index (κ3) is 5.98. The van der Waals surface area contributed by atoms with Gasteiger partial charge in [-0.25, -0.2) is 0 Å². The molecule has 0 fully saturated rings. The second-order valence-electron chi connectivity index (χ2n) is 6.30. The first-order valence-corrected chi connectivity index (χ1v) is 9.35. The van der Waals surface area contributed by atoms with Gasteiger partial charge in [0, 0.05) is 14.2 Å². The third-order valence-corrected chi connectivity index (χ3v) is 4.74. The lowest BCUT2D eigenvalue weighted by Gasteiger charge is -2.15. The predicted molar refractivity (Wildman–Crippen MR) is 115 cm³/mol. The smallest absolute Gasteiger partial charge is 0.176 e. The van der Waals surface area contributed by atoms with Crippen molar-refractivity contribution in [3.63, 3.8) is 0 Å². The van der Waals surface area contributed by atoms with Gasteiger partial charge in [-0.15, -0.1) is 0 Å². The Hall–Kier alpha value is -2.56. The van der Waals surface area contributed by atoms with Crippen LogP contribution >= 0.6 is 0 Å². The second-order valence-corrected chi connectivity index (χ2v) is 6.30. The molecule has 2 rings (SSSR count). The van der Waals surface area contributed by atoms with Gasteiger partial charge >= 0.3 is 0 Å². The van der Waals surface area contributed by atoms with Crippen LogP contribution in [-0.4, -0.2) is 34.7 Å². The number of ether oxygens (including phenoxy) is 4. The van der Waals surface area contributed by atoms with Crippen molar-refractivity contribution in [2.45, 2.75) is 26.1 Å². The summed E-state index contributed by atoms with van der Waals surface area (Å²) >= 11 is 0. The van der Waals surface area contributed by atoms with Crippen LogP contribution in [0.3, 0.4) is 0 Å². The number of benzene rings is 2. The van der Waals surface area contributed by atoms with Crippen LogP contribution in [-0.2, 0) is 9.47 Å². The molecule has 0 aliphatic carbocycles. The quantitative estimate of drug-likeness (QED) is 0.502. The number of methoxy groups -OCH3 is 4. The molecule has 0 aliphatic rings. The van der Waals surface area contributed by atoms with E-state index in [9.17, 15) is 0 Å². The zero-order valence-electron chi connectivity index (χ0n) is 17.4. The Balaban J connectivity index is 2.22. The molecule has 0 atom stereocenters. The van der Waals surface area contributed by atoms with Gasteiger partial charge in [0.25, 0.3) is 0 Å². The molecule has 0 saturated carbocycles. The summed E-state index contributed by atoms with van der Waals surface area (Å²) in [5, 5.41) is 0. The van der Waals surface area contributed by atoms with Gasteiger partial charge in [0.05, 0.1) is 14.2 Å². The van der Waals surface area contributed by atoms with E-state index in [1.165, 1.54) is 16.7 Å². The molecule has 4 nitrogen and oxygen atoms in total. The molecule has 2 aromatic carbocycles. The maximum Gasteiger partial charge on any atom is 0.176 e. The van der Waals surface area contributed by atoms with E-state index in [-0.39, 0.29) is 6.29 Å². The minimum absolute atomic E-state index is 0.382. The van der Waals surface area contributed by atoms with Crippen LogP contribution in [0.2, 0.25) is 0 Å². The van der Waals surface area contributed by atoms with Gasteiger partial charge in [0.2, 0.25) is 0 Å². The summed E-state index contributed by atoms with van der Waals surface area (Å²) in [4.78, 5) is 0. The Morgan fingerprint density at radius 2 is 1.14 bits per heavy atom. The minimum atomic E-state index is -0.382. The lowest BCUT2D eigenvalue weighted by molar-refractivity contribution is -0.0663. The zero-order chi connectivity index (χ0) is 20.4. The first-order chi connectivity index (χ1) is 13.6. The van der Waals surface area contributed by atoms with E-state index in [2.05, 4.69) is 37.3 Å². The second kappa shape index (κ2) is 11.3. The molecule has 4 heteroatoms. The van der Waals surface area contributed by atoms with Gasteiger partial charge in [0.15, 0.2) is 6.29 Å². The summed E-state index contributed by atoms with van der Waals surface area (Å²) in [6.45, 7) is 2.07. The molecule has 2 aromatic rings. The molecule has 0 spiro atoms. The van der Waals surface area contributed by atoms with Crippen LogP contribution in [0.15, 0.2) is 60.7 Å². The first-order valence-electron chi connectivity index (χ1n) is 9.35. The van der Waals surface area contributed by atoms with Gasteiger partial charge < -0.3 is 18.9 Å². The van der Waals surface area contributed by atoms with Gasteiger partial charge in [-0.2, -0.15) is 0 Å². The van der Waals surface area contributed by atoms with E-state index >= 15 is 0 Å². The van der Waals surface area contributed by atoms with Gasteiger partial charge in [-0.1, -0.05) is 30.3 Å². The standard InChI is InChI=1S/C24H30O4/c1-6-18(19-9-13-22(25-2)14-10-19)7-8-21(17-24(27-4)28-5)20-11-15-23(26-3)16-12-20/h6,9-17,24H,7-8H2,1-5H3. The highest BCUT2D eigenvalue weighted by Crippen LogP contribution is 2.29. The minimum Gasteiger partial charge on any atom is -0.497 e. The van der Waals surface area contributed by atoms with E-state index in [4.69, 9.17) is 18.9 Å². The SMILES string of the molecule is CC=C(CCC(=CC(OC)OC)c1ccc(OC)cc1)c1ccc(OC)cc1. The molecule has 0 unspecified atom stereocenters. The Labute approximate surface area is 168 Å². The van der Waals surface area contributed by atoms with Crippen LogP contribution in [0.4, 0.5) is 0 Å². The molecular formula is C24H30O4. The topological polar surface area (TPSA) is 36.9 Å². The lowest BCUT2D eigenvalue weighted by atomic mass is 9.94. The van der Waals surface area contributed by atoms with E-state index < -0.39 is 0 Å². The van der Waals surface area contributed by atoms with Crippen molar-refractivity contribution in [1.29, 1.82) is 0 Å². The van der Waals surface area contributed by atoms with Gasteiger partial charge in [0.1, 0.15) is 11.5 Å². The predicted octanol–water partition coefficient (Wildman–Crippen LogP) is 5.59. The van der Waals surface area contributed by atoms with Crippen molar-refractivity contribution in [3.05, 3.63) is 71.8 Å². The summed E-state index contributed by atoms with van der Waals surface area (Å²) in [6, 6.07) is 16.2. The number of rotatable bonds is 10. The Bertz CT molecular complexity index is 769. The summed E-state index contributed by atoms with van der Waals surface area (Å²) < 4.78 is 21.3. The fourth-order valence-corrected chi connectivity index (χ4v) is 3.06. The van der Waals surface area contributed by atoms with Crippen molar-refractivity contribution < 1.29 is 18.9 Å². The zero-order valence-corrected chi connectivity index (χ0v) is 17.4. The van der Waals surface area contributed by atoms with E-state index in [0.717, 1.165) is 29.9 Å². The molecule has 0 heterocycles. The maximum absolute atomic E-state index is 5.39. The average Bonchev–Trinajstić information content (AvgIpc) is 2.76. The van der Waals surface area contributed by atoms with Crippen LogP contribution in [0.25, 0.3) is 11.1 Å². The molecule has 0 saturated heterocycles. The molecule has 150 valence electrons. The summed E-state index contributed by atoms with van der Waals surface area (Å²) in [7, 11) is 6.64. The highest BCUT2D eigenvalue weighted by atomic mass is 16.7. The highest BCUT2D eigenvalue weighted by Gasteiger charge is 2.10. The molecule has 0 radical (unpaired) electrons. The fraction of sp³-hybridized carbons (Fsp3) is 0.333. The van der Waals surface area contributed by atoms with E-state index in [1.807, 2.05) is 30.3 Å². The van der Waals surface area contributed by atoms with Crippen LogP contribution in [0, 0.1) is 0 Å². The van der Waals surface area contributed by atoms with Crippen molar-refractivity contribution in [2.24, 2.45) is 0 Å². The Morgan fingerprint density at radius 1 is 0.714 bits per heavy atom. The lowest BCUT2D eigenvalue weighted by Crippen LogP contribution is -2.10. The Kier molecular flexibility index (Phi) is 8.79. The largest absolute Gasteiger partial charge is 0.497 e. The third-order valence-electron chi connectivity index (χ3n) is 4.74. The summed E-state index contributed by atoms with van der Waals surface area (Å²) in [6.07, 6.45) is 5.58. The van der Waals surface area contributed by atoms with Crippen molar-refractivity contribution in [3.8, 4) is 11.5 Å². The van der Waals surface area contributed by atoms with Gasteiger partial charge in [-0.3, -0.25) is 0 Å². The molecule has 0 aliphatic heterocycles. The molecule has 0 bridgehead atoms. The molecule has 0 aromatic heterocycles. The van der Waals surface area contributed by atoms with Crippen molar-refractivity contribution >= 4 is 11.1 Å². The summed E-state index contributed by atoms with van der Waals surface area (Å²) in [5.74, 6) is 1.70. The summed E-state index contributed by atoms with van der Waals surface area (Å²) in [5.41, 5.74) is 4.79. The molecule has 0 amide bonds. The molecule has 28 heavy (non-hydrogen) atoms. The van der Waals surface area contributed by atoms with Crippen LogP contribution in [0.5, 0.6) is 11.5 Å². The number of allylic oxidation sites excluding steroid dienone is 3. The molecule has 0 N–H and O–H groups in total. The maximum atomic E-state index is 5.39. The number of hydrogen-bond donors (Lipinski definition) is 0. The van der Waals surface area contributed by atoms with E-state index in [1.54, 1.807) is 28.4 Å². The van der Waals surface area contributed by atoms with Crippen molar-refractivity contribution in [1.82, 2.24) is 0 Å². The fourth-order valence-electron chi connectivity index (χ4n) is 3.06. The first kappa shape index (κ1) is 21.7. The normalized spacial score (nSPS) is 12.4. The Morgan fingerprint density at radius 3 is 1.54 bits per heavy atom. The monoisotopic (exact) mass is 382 g/mol. The van der Waals surface area contributed by atoms with Crippen molar-refractivity contribution in [2.75, 3.05) is 28.4 Å². The number of hydrogen-bond acceptors (Lipinski definition) is 4. The van der Waals surface area contributed by atoms with Crippen LogP contribution < -0.4 is 9.47 Å². The average molecular weight is 383 g/mol.